The zero-order valence-electron chi connectivity index (χ0n) is 12.0. The Kier molecular flexibility index (Phi) is 6.32. The predicted octanol–water partition coefficient (Wildman–Crippen LogP) is 3.64. The molecule has 0 fully saturated rings. The number of aryl methyl sites for hydroxylation is 1. The lowest BCUT2D eigenvalue weighted by molar-refractivity contribution is -0.146. The third-order valence-electron chi connectivity index (χ3n) is 3.13. The molecule has 0 spiro atoms. The van der Waals surface area contributed by atoms with Crippen LogP contribution in [0.1, 0.15) is 44.4 Å². The topological polar surface area (TPSA) is 38.3 Å². The van der Waals surface area contributed by atoms with Gasteiger partial charge in [-0.1, -0.05) is 24.6 Å². The van der Waals surface area contributed by atoms with Crippen LogP contribution >= 0.6 is 11.6 Å². The highest BCUT2D eigenvalue weighted by atomic mass is 35.5. The van der Waals surface area contributed by atoms with Gasteiger partial charge in [0, 0.05) is 11.1 Å². The maximum Gasteiger partial charge on any atom is 0.327 e. The van der Waals surface area contributed by atoms with Crippen molar-refractivity contribution in [1.82, 2.24) is 5.32 Å². The molecule has 1 aromatic rings. The number of esters is 1. The van der Waals surface area contributed by atoms with Crippen LogP contribution in [0.25, 0.3) is 0 Å². The SMILES string of the molecule is CCOC(=O)C(NC(C)CC)c1ccc(Cl)cc1C. The number of hydrogen-bond acceptors (Lipinski definition) is 3. The minimum atomic E-state index is -0.438. The van der Waals surface area contributed by atoms with Crippen LogP contribution in [0.5, 0.6) is 0 Å². The molecule has 4 heteroatoms. The number of nitrogens with one attached hydrogen (secondary N) is 1. The first-order chi connectivity index (χ1) is 8.99. The number of benzene rings is 1. The van der Waals surface area contributed by atoms with Gasteiger partial charge in [0.25, 0.3) is 0 Å². The molecule has 3 nitrogen and oxygen atoms in total. The van der Waals surface area contributed by atoms with Gasteiger partial charge < -0.3 is 4.74 Å². The summed E-state index contributed by atoms with van der Waals surface area (Å²) in [6, 6.07) is 5.35. The van der Waals surface area contributed by atoms with Gasteiger partial charge in [-0.25, -0.2) is 4.79 Å². The second kappa shape index (κ2) is 7.51. The Hall–Kier alpha value is -1.06. The van der Waals surface area contributed by atoms with E-state index in [9.17, 15) is 4.79 Å². The number of carbonyl (C=O) groups excluding carboxylic acids is 1. The van der Waals surface area contributed by atoms with E-state index in [-0.39, 0.29) is 12.0 Å². The zero-order chi connectivity index (χ0) is 14.4. The molecule has 19 heavy (non-hydrogen) atoms. The van der Waals surface area contributed by atoms with Gasteiger partial charge in [-0.05, 0) is 50.5 Å². The monoisotopic (exact) mass is 283 g/mol. The van der Waals surface area contributed by atoms with Gasteiger partial charge in [-0.3, -0.25) is 5.32 Å². The summed E-state index contributed by atoms with van der Waals surface area (Å²) in [5, 5.41) is 3.98. The summed E-state index contributed by atoms with van der Waals surface area (Å²) in [6.07, 6.45) is 0.947. The van der Waals surface area contributed by atoms with Gasteiger partial charge in [-0.15, -0.1) is 0 Å². The molecule has 2 unspecified atom stereocenters. The van der Waals surface area contributed by atoms with Crippen LogP contribution in [-0.4, -0.2) is 18.6 Å². The lowest BCUT2D eigenvalue weighted by atomic mass is 10.0. The molecule has 1 N–H and O–H groups in total. The molecule has 0 heterocycles. The van der Waals surface area contributed by atoms with Crippen LogP contribution in [0, 0.1) is 6.92 Å². The largest absolute Gasteiger partial charge is 0.465 e. The van der Waals surface area contributed by atoms with Crippen molar-refractivity contribution in [2.24, 2.45) is 0 Å². The lowest BCUT2D eigenvalue weighted by Crippen LogP contribution is -2.36. The maximum atomic E-state index is 12.1. The normalized spacial score (nSPS) is 13.9. The highest BCUT2D eigenvalue weighted by molar-refractivity contribution is 6.30. The fraction of sp³-hybridized carbons (Fsp3) is 0.533. The smallest absolute Gasteiger partial charge is 0.327 e. The van der Waals surface area contributed by atoms with Gasteiger partial charge >= 0.3 is 5.97 Å². The van der Waals surface area contributed by atoms with Crippen molar-refractivity contribution in [2.45, 2.75) is 46.2 Å². The second-order valence-electron chi connectivity index (χ2n) is 4.66. The molecule has 2 atom stereocenters. The Labute approximate surface area is 120 Å². The molecule has 0 bridgehead atoms. The highest BCUT2D eigenvalue weighted by Gasteiger charge is 2.24. The predicted molar refractivity (Wildman–Crippen MR) is 78.5 cm³/mol. The number of rotatable bonds is 6. The molecule has 0 amide bonds. The van der Waals surface area contributed by atoms with E-state index in [1.165, 1.54) is 0 Å². The molecule has 0 aliphatic heterocycles. The molecule has 0 radical (unpaired) electrons. The van der Waals surface area contributed by atoms with Gasteiger partial charge in [0.15, 0.2) is 0 Å². The van der Waals surface area contributed by atoms with Crippen LogP contribution in [0.3, 0.4) is 0 Å². The van der Waals surface area contributed by atoms with Gasteiger partial charge in [0.2, 0.25) is 0 Å². The third-order valence-corrected chi connectivity index (χ3v) is 3.36. The van der Waals surface area contributed by atoms with E-state index in [0.29, 0.717) is 11.6 Å². The quantitative estimate of drug-likeness (QED) is 0.810. The van der Waals surface area contributed by atoms with Crippen LogP contribution in [0.2, 0.25) is 5.02 Å². The van der Waals surface area contributed by atoms with E-state index >= 15 is 0 Å². The van der Waals surface area contributed by atoms with Crippen LogP contribution < -0.4 is 5.32 Å². The summed E-state index contributed by atoms with van der Waals surface area (Å²) < 4.78 is 5.15. The van der Waals surface area contributed by atoms with Crippen molar-refractivity contribution in [1.29, 1.82) is 0 Å². The molecular formula is C15H22ClNO2. The molecule has 0 aliphatic carbocycles. The van der Waals surface area contributed by atoms with E-state index < -0.39 is 6.04 Å². The van der Waals surface area contributed by atoms with Gasteiger partial charge in [-0.2, -0.15) is 0 Å². The van der Waals surface area contributed by atoms with Gasteiger partial charge in [0.05, 0.1) is 6.61 Å². The standard InChI is InChI=1S/C15H22ClNO2/c1-5-11(4)17-14(15(18)19-6-2)13-8-7-12(16)9-10(13)3/h7-9,11,14,17H,5-6H2,1-4H3. The van der Waals surface area contributed by atoms with E-state index in [4.69, 9.17) is 16.3 Å². The highest BCUT2D eigenvalue weighted by Crippen LogP contribution is 2.23. The lowest BCUT2D eigenvalue weighted by Gasteiger charge is -2.23. The molecule has 1 aromatic carbocycles. The molecule has 0 aromatic heterocycles. The van der Waals surface area contributed by atoms with Gasteiger partial charge in [0.1, 0.15) is 6.04 Å². The third kappa shape index (κ3) is 4.51. The number of ether oxygens (including phenoxy) is 1. The van der Waals surface area contributed by atoms with Crippen molar-refractivity contribution >= 4 is 17.6 Å². The Bertz CT molecular complexity index is 434. The Balaban J connectivity index is 3.03. The molecule has 1 rings (SSSR count). The number of hydrogen-bond donors (Lipinski definition) is 1. The van der Waals surface area contributed by atoms with Crippen molar-refractivity contribution in [3.8, 4) is 0 Å². The van der Waals surface area contributed by atoms with Crippen molar-refractivity contribution in [2.75, 3.05) is 6.61 Å². The van der Waals surface area contributed by atoms with E-state index in [0.717, 1.165) is 17.5 Å². The zero-order valence-corrected chi connectivity index (χ0v) is 12.8. The molecule has 0 saturated heterocycles. The fourth-order valence-corrected chi connectivity index (χ4v) is 2.10. The van der Waals surface area contributed by atoms with Crippen molar-refractivity contribution in [3.63, 3.8) is 0 Å². The Morgan fingerprint density at radius 2 is 2.11 bits per heavy atom. The molecular weight excluding hydrogens is 262 g/mol. The summed E-state index contributed by atoms with van der Waals surface area (Å²) in [5.41, 5.74) is 1.91. The van der Waals surface area contributed by atoms with Crippen molar-refractivity contribution in [3.05, 3.63) is 34.3 Å². The maximum absolute atomic E-state index is 12.1. The summed E-state index contributed by atoms with van der Waals surface area (Å²) in [5.74, 6) is -0.242. The fourth-order valence-electron chi connectivity index (χ4n) is 1.88. The van der Waals surface area contributed by atoms with E-state index in [1.807, 2.05) is 26.0 Å². The molecule has 0 saturated carbocycles. The molecule has 0 aliphatic rings. The first-order valence-electron chi connectivity index (χ1n) is 6.68. The molecule has 106 valence electrons. The summed E-state index contributed by atoms with van der Waals surface area (Å²) in [4.78, 5) is 12.1. The Morgan fingerprint density at radius 1 is 1.42 bits per heavy atom. The van der Waals surface area contributed by atoms with E-state index in [1.54, 1.807) is 6.07 Å². The summed E-state index contributed by atoms with van der Waals surface area (Å²) in [6.45, 7) is 8.27. The second-order valence-corrected chi connectivity index (χ2v) is 5.10. The first kappa shape index (κ1) is 16.0. The summed E-state index contributed by atoms with van der Waals surface area (Å²) in [7, 11) is 0. The van der Waals surface area contributed by atoms with Crippen LogP contribution in [-0.2, 0) is 9.53 Å². The average Bonchev–Trinajstić information content (AvgIpc) is 2.36. The van der Waals surface area contributed by atoms with Crippen LogP contribution in [0.4, 0.5) is 0 Å². The minimum Gasteiger partial charge on any atom is -0.465 e. The van der Waals surface area contributed by atoms with E-state index in [2.05, 4.69) is 19.2 Å². The average molecular weight is 284 g/mol. The first-order valence-corrected chi connectivity index (χ1v) is 7.06. The number of carbonyl (C=O) groups is 1. The Morgan fingerprint density at radius 3 is 2.63 bits per heavy atom. The van der Waals surface area contributed by atoms with Crippen molar-refractivity contribution < 1.29 is 9.53 Å². The number of halogens is 1. The minimum absolute atomic E-state index is 0.240. The van der Waals surface area contributed by atoms with Crippen LogP contribution in [0.15, 0.2) is 18.2 Å². The summed E-state index contributed by atoms with van der Waals surface area (Å²) >= 11 is 5.96.